The summed E-state index contributed by atoms with van der Waals surface area (Å²) in [6, 6.07) is 92.4. The zero-order chi connectivity index (χ0) is 60.8. The van der Waals surface area contributed by atoms with Gasteiger partial charge < -0.3 is 19.6 Å². The molecule has 0 unspecified atom stereocenters. The van der Waals surface area contributed by atoms with Crippen molar-refractivity contribution in [3.05, 3.63) is 352 Å². The summed E-state index contributed by atoms with van der Waals surface area (Å²) in [7, 11) is 0. The summed E-state index contributed by atoms with van der Waals surface area (Å²) in [5, 5.41) is 17.0. The minimum absolute atomic E-state index is 0.101. The van der Waals surface area contributed by atoms with Gasteiger partial charge in [0.2, 0.25) is 0 Å². The van der Waals surface area contributed by atoms with Crippen LogP contribution in [0.15, 0.2) is 297 Å². The first-order chi connectivity index (χ1) is 43.7. The van der Waals surface area contributed by atoms with Crippen LogP contribution in [0.5, 0.6) is 0 Å². The van der Waals surface area contributed by atoms with E-state index in [4.69, 9.17) is 0 Å². The first-order valence-electron chi connectivity index (χ1n) is 29.4. The quantitative estimate of drug-likeness (QED) is 0.0661. The molecule has 0 saturated carbocycles. The van der Waals surface area contributed by atoms with Crippen LogP contribution in [0.3, 0.4) is 0 Å². The molecule has 4 amide bonds. The molecule has 11 heteroatoms. The molecule has 0 aromatic heterocycles. The number of anilines is 4. The highest BCUT2D eigenvalue weighted by Crippen LogP contribution is 2.40. The topological polar surface area (TPSA) is 124 Å². The fourth-order valence-electron chi connectivity index (χ4n) is 12.1. The molecule has 0 aliphatic rings. The predicted molar refractivity (Wildman–Crippen MR) is 357 cm³/mol. The number of para-hydroxylation sites is 1. The Morgan fingerprint density at radius 2 is 0.494 bits per heavy atom. The summed E-state index contributed by atoms with van der Waals surface area (Å²) in [5.41, 5.74) is 7.57. The highest BCUT2D eigenvalue weighted by atomic mass is 16.6. The standard InChI is InChI=1S/C78H57N5O6/c84-75(79(58-32-14-5-15-33-58)50-54-24-6-1-7-25-54)67-42-46-71(63-38-20-16-34-59(63)67)80(51-55-26-8-2-9-27-55)76(85)68-43-47-72(64-39-21-17-35-60(64)68)81(52-56-28-10-3-11-29-56)77(86)69-44-48-73(65-40-22-18-36-61(65)69)82(53-57-30-12-4-13-31-57)78(87)70-45-49-74(83(88)89)66-41-23-19-37-62(66)70/h1-49H,50-53H2. The Morgan fingerprint density at radius 3 is 0.809 bits per heavy atom. The van der Waals surface area contributed by atoms with Gasteiger partial charge in [0.25, 0.3) is 29.3 Å². The summed E-state index contributed by atoms with van der Waals surface area (Å²) in [6.45, 7) is 0.882. The number of nitro benzene ring substituents is 1. The van der Waals surface area contributed by atoms with Crippen molar-refractivity contribution in [3.8, 4) is 0 Å². The fraction of sp³-hybridized carbons (Fsp3) is 0.0513. The molecule has 13 rings (SSSR count). The average Bonchev–Trinajstić information content (AvgIpc) is 1.00. The predicted octanol–water partition coefficient (Wildman–Crippen LogP) is 17.6. The zero-order valence-corrected chi connectivity index (χ0v) is 48.3. The van der Waals surface area contributed by atoms with Crippen LogP contribution >= 0.6 is 0 Å². The number of amides is 4. The number of fused-ring (bicyclic) bond motifs is 4. The first kappa shape index (κ1) is 56.3. The third-order valence-corrected chi connectivity index (χ3v) is 16.4. The molecule has 89 heavy (non-hydrogen) atoms. The zero-order valence-electron chi connectivity index (χ0n) is 48.3. The van der Waals surface area contributed by atoms with Crippen LogP contribution < -0.4 is 19.6 Å². The van der Waals surface area contributed by atoms with E-state index >= 15 is 19.2 Å². The Hall–Kier alpha value is -11.8. The maximum atomic E-state index is 16.0. The second kappa shape index (κ2) is 25.0. The lowest BCUT2D eigenvalue weighted by Gasteiger charge is -2.29. The van der Waals surface area contributed by atoms with Crippen molar-refractivity contribution in [2.45, 2.75) is 26.2 Å². The first-order valence-corrected chi connectivity index (χ1v) is 29.4. The van der Waals surface area contributed by atoms with Crippen molar-refractivity contribution < 1.29 is 24.1 Å². The second-order valence-electron chi connectivity index (χ2n) is 21.8. The third-order valence-electron chi connectivity index (χ3n) is 16.4. The molecule has 0 N–H and O–H groups in total. The smallest absolute Gasteiger partial charge is 0.277 e. The molecule has 430 valence electrons. The molecular weight excluding hydrogens is 1100 g/mol. The maximum Gasteiger partial charge on any atom is 0.277 e. The van der Waals surface area contributed by atoms with Gasteiger partial charge in [0, 0.05) is 55.6 Å². The summed E-state index contributed by atoms with van der Waals surface area (Å²) < 4.78 is 0. The van der Waals surface area contributed by atoms with Crippen LogP contribution in [-0.4, -0.2) is 28.6 Å². The second-order valence-corrected chi connectivity index (χ2v) is 21.8. The Balaban J connectivity index is 0.907. The summed E-state index contributed by atoms with van der Waals surface area (Å²) in [5.74, 6) is -1.15. The Morgan fingerprint density at radius 1 is 0.258 bits per heavy atom. The summed E-state index contributed by atoms with van der Waals surface area (Å²) in [6.07, 6.45) is 0. The van der Waals surface area contributed by atoms with E-state index in [2.05, 4.69) is 0 Å². The maximum absolute atomic E-state index is 16.0. The van der Waals surface area contributed by atoms with Crippen molar-refractivity contribution in [2.75, 3.05) is 19.6 Å². The van der Waals surface area contributed by atoms with E-state index in [0.29, 0.717) is 83.6 Å². The van der Waals surface area contributed by atoms with Crippen molar-refractivity contribution in [1.29, 1.82) is 0 Å². The van der Waals surface area contributed by atoms with Gasteiger partial charge in [0.15, 0.2) is 0 Å². The number of benzene rings is 13. The highest BCUT2D eigenvalue weighted by molar-refractivity contribution is 6.24. The van der Waals surface area contributed by atoms with E-state index < -0.39 is 4.92 Å². The lowest BCUT2D eigenvalue weighted by molar-refractivity contribution is -0.383. The van der Waals surface area contributed by atoms with Crippen LogP contribution in [0.2, 0.25) is 0 Å². The van der Waals surface area contributed by atoms with Crippen LogP contribution in [0.1, 0.15) is 63.7 Å². The molecule has 0 bridgehead atoms. The number of rotatable bonds is 17. The number of nitro groups is 1. The van der Waals surface area contributed by atoms with Gasteiger partial charge >= 0.3 is 0 Å². The molecule has 13 aromatic rings. The van der Waals surface area contributed by atoms with E-state index in [1.54, 1.807) is 56.0 Å². The molecule has 11 nitrogen and oxygen atoms in total. The molecule has 0 spiro atoms. The Labute approximate surface area is 514 Å². The number of carbonyl (C=O) groups excluding carboxylic acids is 4. The third kappa shape index (κ3) is 11.4. The van der Waals surface area contributed by atoms with E-state index in [1.807, 2.05) is 249 Å². The van der Waals surface area contributed by atoms with Crippen LogP contribution in [0.4, 0.5) is 28.4 Å². The molecule has 13 aromatic carbocycles. The molecule has 0 aliphatic carbocycles. The Kier molecular flexibility index (Phi) is 15.8. The van der Waals surface area contributed by atoms with E-state index in [-0.39, 0.29) is 49.0 Å². The van der Waals surface area contributed by atoms with Gasteiger partial charge in [0.05, 0.1) is 53.6 Å². The largest absolute Gasteiger partial charge is 0.304 e. The van der Waals surface area contributed by atoms with Crippen molar-refractivity contribution in [1.82, 2.24) is 0 Å². The number of hydrogen-bond acceptors (Lipinski definition) is 6. The lowest BCUT2D eigenvalue weighted by Crippen LogP contribution is -2.33. The molecule has 0 atom stereocenters. The van der Waals surface area contributed by atoms with Crippen molar-refractivity contribution >= 4 is 95.2 Å². The van der Waals surface area contributed by atoms with Gasteiger partial charge in [-0.1, -0.05) is 231 Å². The molecule has 0 fully saturated rings. The van der Waals surface area contributed by atoms with Gasteiger partial charge in [-0.25, -0.2) is 0 Å². The normalized spacial score (nSPS) is 11.1. The molecule has 0 heterocycles. The van der Waals surface area contributed by atoms with Gasteiger partial charge in [-0.2, -0.15) is 0 Å². The molecule has 0 radical (unpaired) electrons. The number of nitrogens with zero attached hydrogens (tertiary/aromatic N) is 5. The number of hydrogen-bond donors (Lipinski definition) is 0. The van der Waals surface area contributed by atoms with Crippen LogP contribution in [0, 0.1) is 10.1 Å². The molecule has 0 aliphatic heterocycles. The summed E-state index contributed by atoms with van der Waals surface area (Å²) >= 11 is 0. The average molecular weight is 1160 g/mol. The number of carbonyl (C=O) groups is 4. The Bertz CT molecular complexity index is 4820. The van der Waals surface area contributed by atoms with Crippen LogP contribution in [-0.2, 0) is 26.2 Å². The van der Waals surface area contributed by atoms with Crippen molar-refractivity contribution in [2.24, 2.45) is 0 Å². The number of non-ortho nitro benzene ring substituents is 1. The van der Waals surface area contributed by atoms with E-state index in [1.165, 1.54) is 12.1 Å². The van der Waals surface area contributed by atoms with E-state index in [0.717, 1.165) is 33.3 Å². The lowest BCUT2D eigenvalue weighted by atomic mass is 9.97. The monoisotopic (exact) mass is 1160 g/mol. The summed E-state index contributed by atoms with van der Waals surface area (Å²) in [4.78, 5) is 81.0. The minimum atomic E-state index is -0.442. The van der Waals surface area contributed by atoms with Gasteiger partial charge in [0.1, 0.15) is 0 Å². The highest BCUT2D eigenvalue weighted by Gasteiger charge is 2.31. The van der Waals surface area contributed by atoms with Gasteiger partial charge in [-0.15, -0.1) is 0 Å². The van der Waals surface area contributed by atoms with E-state index in [9.17, 15) is 10.1 Å². The SMILES string of the molecule is O=C(c1ccc(N(Cc2ccccc2)C(=O)c2ccc(N(Cc3ccccc3)C(=O)c3ccc(N(Cc4ccccc4)C(=O)c4ccc([N+](=O)[O-])c5ccccc45)c4ccccc34)c3ccccc23)c2ccccc12)N(Cc1ccccc1)c1ccccc1. The fourth-order valence-corrected chi connectivity index (χ4v) is 12.1. The minimum Gasteiger partial charge on any atom is -0.304 e. The molecule has 0 saturated heterocycles. The molecular formula is C78H57N5O6. The van der Waals surface area contributed by atoms with Crippen molar-refractivity contribution in [3.63, 3.8) is 0 Å². The van der Waals surface area contributed by atoms with Gasteiger partial charge in [-0.3, -0.25) is 29.3 Å². The van der Waals surface area contributed by atoms with Crippen LogP contribution in [0.25, 0.3) is 43.1 Å². The van der Waals surface area contributed by atoms with Gasteiger partial charge in [-0.05, 0) is 99.1 Å².